The van der Waals surface area contributed by atoms with E-state index >= 15 is 0 Å². The van der Waals surface area contributed by atoms with Crippen LogP contribution in [0.5, 0.6) is 0 Å². The Balaban J connectivity index is 2.29. The molecule has 0 bridgehead atoms. The molecule has 13 heavy (non-hydrogen) atoms. The van der Waals surface area contributed by atoms with Gasteiger partial charge in [-0.2, -0.15) is 0 Å². The van der Waals surface area contributed by atoms with Gasteiger partial charge in [-0.3, -0.25) is 4.79 Å². The number of morpholine rings is 1. The Morgan fingerprint density at radius 3 is 2.62 bits per heavy atom. The molecule has 0 aromatic carbocycles. The van der Waals surface area contributed by atoms with Gasteiger partial charge in [-0.05, 0) is 5.92 Å². The standard InChI is InChI=1S/C10H19NO2/c1-3-9(2)8-10(12)11-4-6-13-7-5-11/h9H,3-8H2,1-2H3. The van der Waals surface area contributed by atoms with Crippen molar-refractivity contribution in [2.45, 2.75) is 26.7 Å². The summed E-state index contributed by atoms with van der Waals surface area (Å²) in [6.07, 6.45) is 1.77. The average molecular weight is 185 g/mol. The maximum absolute atomic E-state index is 11.6. The van der Waals surface area contributed by atoms with Gasteiger partial charge in [0.15, 0.2) is 0 Å². The summed E-state index contributed by atoms with van der Waals surface area (Å²) in [6.45, 7) is 7.19. The highest BCUT2D eigenvalue weighted by Crippen LogP contribution is 2.10. The molecule has 0 saturated carbocycles. The van der Waals surface area contributed by atoms with Crippen molar-refractivity contribution in [3.05, 3.63) is 0 Å². The summed E-state index contributed by atoms with van der Waals surface area (Å²) in [5.41, 5.74) is 0. The number of carbonyl (C=O) groups excluding carboxylic acids is 1. The second-order valence-electron chi connectivity index (χ2n) is 3.71. The third-order valence-corrected chi connectivity index (χ3v) is 2.58. The van der Waals surface area contributed by atoms with E-state index in [0.717, 1.165) is 19.5 Å². The van der Waals surface area contributed by atoms with E-state index in [0.29, 0.717) is 25.6 Å². The zero-order valence-electron chi connectivity index (χ0n) is 8.58. The Morgan fingerprint density at radius 1 is 1.46 bits per heavy atom. The summed E-state index contributed by atoms with van der Waals surface area (Å²) in [6, 6.07) is 0. The van der Waals surface area contributed by atoms with Gasteiger partial charge in [0.25, 0.3) is 0 Å². The van der Waals surface area contributed by atoms with E-state index in [1.807, 2.05) is 4.90 Å². The van der Waals surface area contributed by atoms with Crippen LogP contribution in [-0.4, -0.2) is 37.1 Å². The SMILES string of the molecule is CCC(C)CC(=O)N1CCOCC1. The van der Waals surface area contributed by atoms with E-state index in [2.05, 4.69) is 13.8 Å². The third-order valence-electron chi connectivity index (χ3n) is 2.58. The second-order valence-corrected chi connectivity index (χ2v) is 3.71. The van der Waals surface area contributed by atoms with Crippen LogP contribution in [0.1, 0.15) is 26.7 Å². The number of hydrogen-bond acceptors (Lipinski definition) is 2. The van der Waals surface area contributed by atoms with Crippen LogP contribution in [-0.2, 0) is 9.53 Å². The molecule has 1 saturated heterocycles. The van der Waals surface area contributed by atoms with E-state index in [-0.39, 0.29) is 5.91 Å². The lowest BCUT2D eigenvalue weighted by Crippen LogP contribution is -2.41. The summed E-state index contributed by atoms with van der Waals surface area (Å²) in [5.74, 6) is 0.799. The minimum atomic E-state index is 0.289. The van der Waals surface area contributed by atoms with Crippen LogP contribution in [0, 0.1) is 5.92 Å². The molecule has 1 unspecified atom stereocenters. The molecule has 0 radical (unpaired) electrons. The van der Waals surface area contributed by atoms with Gasteiger partial charge in [0.1, 0.15) is 0 Å². The summed E-state index contributed by atoms with van der Waals surface area (Å²) in [5, 5.41) is 0. The normalized spacial score (nSPS) is 20.0. The second kappa shape index (κ2) is 5.22. The number of hydrogen-bond donors (Lipinski definition) is 0. The predicted molar refractivity (Wildman–Crippen MR) is 51.5 cm³/mol. The molecular formula is C10H19NO2. The summed E-state index contributed by atoms with van der Waals surface area (Å²) < 4.78 is 5.19. The predicted octanol–water partition coefficient (Wildman–Crippen LogP) is 1.28. The molecule has 1 atom stereocenters. The van der Waals surface area contributed by atoms with Crippen molar-refractivity contribution in [1.29, 1.82) is 0 Å². The smallest absolute Gasteiger partial charge is 0.222 e. The highest BCUT2D eigenvalue weighted by molar-refractivity contribution is 5.76. The number of carbonyl (C=O) groups is 1. The van der Waals surface area contributed by atoms with Crippen LogP contribution >= 0.6 is 0 Å². The van der Waals surface area contributed by atoms with Crippen LogP contribution in [0.3, 0.4) is 0 Å². The number of amides is 1. The molecule has 0 aliphatic carbocycles. The molecule has 0 spiro atoms. The van der Waals surface area contributed by atoms with Gasteiger partial charge in [0.2, 0.25) is 5.91 Å². The van der Waals surface area contributed by atoms with Crippen molar-refractivity contribution in [2.24, 2.45) is 5.92 Å². The minimum Gasteiger partial charge on any atom is -0.378 e. The first-order valence-electron chi connectivity index (χ1n) is 5.09. The summed E-state index contributed by atoms with van der Waals surface area (Å²) in [4.78, 5) is 13.6. The molecular weight excluding hydrogens is 166 g/mol. The van der Waals surface area contributed by atoms with Crippen LogP contribution < -0.4 is 0 Å². The van der Waals surface area contributed by atoms with E-state index in [1.165, 1.54) is 0 Å². The third kappa shape index (κ3) is 3.35. The van der Waals surface area contributed by atoms with Crippen molar-refractivity contribution >= 4 is 5.91 Å². The van der Waals surface area contributed by atoms with Gasteiger partial charge >= 0.3 is 0 Å². The van der Waals surface area contributed by atoms with E-state index in [9.17, 15) is 4.79 Å². The number of nitrogens with zero attached hydrogens (tertiary/aromatic N) is 1. The Hall–Kier alpha value is -0.570. The van der Waals surface area contributed by atoms with E-state index in [1.54, 1.807) is 0 Å². The first kappa shape index (κ1) is 10.5. The van der Waals surface area contributed by atoms with Gasteiger partial charge in [0.05, 0.1) is 13.2 Å². The largest absolute Gasteiger partial charge is 0.378 e. The molecule has 3 heteroatoms. The minimum absolute atomic E-state index is 0.289. The molecule has 1 fully saturated rings. The van der Waals surface area contributed by atoms with Crippen molar-refractivity contribution in [2.75, 3.05) is 26.3 Å². The maximum Gasteiger partial charge on any atom is 0.222 e. The Morgan fingerprint density at radius 2 is 2.08 bits per heavy atom. The van der Waals surface area contributed by atoms with Gasteiger partial charge in [0, 0.05) is 19.5 Å². The fourth-order valence-electron chi connectivity index (χ4n) is 1.38. The topological polar surface area (TPSA) is 29.5 Å². The highest BCUT2D eigenvalue weighted by Gasteiger charge is 2.17. The molecule has 0 aromatic heterocycles. The lowest BCUT2D eigenvalue weighted by Gasteiger charge is -2.27. The van der Waals surface area contributed by atoms with Crippen molar-refractivity contribution in [3.8, 4) is 0 Å². The van der Waals surface area contributed by atoms with Gasteiger partial charge in [-0.15, -0.1) is 0 Å². The van der Waals surface area contributed by atoms with Crippen molar-refractivity contribution < 1.29 is 9.53 Å². The van der Waals surface area contributed by atoms with Crippen LogP contribution in [0.15, 0.2) is 0 Å². The molecule has 0 N–H and O–H groups in total. The Kier molecular flexibility index (Phi) is 4.22. The Labute approximate surface area is 80.1 Å². The van der Waals surface area contributed by atoms with Crippen LogP contribution in [0.25, 0.3) is 0 Å². The van der Waals surface area contributed by atoms with E-state index < -0.39 is 0 Å². The fourth-order valence-corrected chi connectivity index (χ4v) is 1.38. The molecule has 1 amide bonds. The zero-order chi connectivity index (χ0) is 9.68. The van der Waals surface area contributed by atoms with E-state index in [4.69, 9.17) is 4.74 Å². The quantitative estimate of drug-likeness (QED) is 0.663. The molecule has 76 valence electrons. The summed E-state index contributed by atoms with van der Waals surface area (Å²) in [7, 11) is 0. The molecule has 1 rings (SSSR count). The fraction of sp³-hybridized carbons (Fsp3) is 0.900. The highest BCUT2D eigenvalue weighted by atomic mass is 16.5. The van der Waals surface area contributed by atoms with Gasteiger partial charge < -0.3 is 9.64 Å². The first-order valence-corrected chi connectivity index (χ1v) is 5.09. The molecule has 1 aliphatic heterocycles. The molecule has 3 nitrogen and oxygen atoms in total. The number of ether oxygens (including phenoxy) is 1. The lowest BCUT2D eigenvalue weighted by atomic mass is 10.0. The monoisotopic (exact) mass is 185 g/mol. The maximum atomic E-state index is 11.6. The van der Waals surface area contributed by atoms with Crippen LogP contribution in [0.2, 0.25) is 0 Å². The molecule has 1 heterocycles. The zero-order valence-corrected chi connectivity index (χ0v) is 8.58. The van der Waals surface area contributed by atoms with Crippen molar-refractivity contribution in [3.63, 3.8) is 0 Å². The molecule has 1 aliphatic rings. The van der Waals surface area contributed by atoms with Gasteiger partial charge in [-0.1, -0.05) is 20.3 Å². The van der Waals surface area contributed by atoms with Crippen molar-refractivity contribution in [1.82, 2.24) is 4.90 Å². The Bertz CT molecular complexity index is 164. The molecule has 0 aromatic rings. The number of rotatable bonds is 3. The van der Waals surface area contributed by atoms with Gasteiger partial charge in [-0.25, -0.2) is 0 Å². The summed E-state index contributed by atoms with van der Waals surface area (Å²) >= 11 is 0. The first-order chi connectivity index (χ1) is 6.24. The lowest BCUT2D eigenvalue weighted by molar-refractivity contribution is -0.136. The average Bonchev–Trinajstić information content (AvgIpc) is 2.19. The van der Waals surface area contributed by atoms with Crippen LogP contribution in [0.4, 0.5) is 0 Å².